The number of hydrogen-bond donors (Lipinski definition) is 2. The van der Waals surface area contributed by atoms with Crippen LogP contribution in [-0.4, -0.2) is 83.6 Å². The van der Waals surface area contributed by atoms with Crippen molar-refractivity contribution in [3.8, 4) is 0 Å². The molecule has 13 heteroatoms. The predicted octanol–water partition coefficient (Wildman–Crippen LogP) is 3.00. The molecule has 0 radical (unpaired) electrons. The summed E-state index contributed by atoms with van der Waals surface area (Å²) in [6.07, 6.45) is 0.966. The van der Waals surface area contributed by atoms with Gasteiger partial charge < -0.3 is 30.5 Å². The molecule has 234 valence electrons. The predicted molar refractivity (Wildman–Crippen MR) is 158 cm³/mol. The monoisotopic (exact) mass is 621 g/mol. The van der Waals surface area contributed by atoms with Crippen molar-refractivity contribution < 1.29 is 32.3 Å². The van der Waals surface area contributed by atoms with Gasteiger partial charge in [-0.2, -0.15) is 0 Å². The summed E-state index contributed by atoms with van der Waals surface area (Å²) < 4.78 is 46.4. The van der Waals surface area contributed by atoms with Gasteiger partial charge in [0, 0.05) is 62.4 Å². The van der Waals surface area contributed by atoms with E-state index in [1.165, 1.54) is 16.7 Å². The SMILES string of the molecule is CC(CC=O)N(c1ccc(CNC(=O)[C@@H]2SCCN2C(=O)C[C@H](N)Cc2cc(F)c(F)cc2F)cc1)N1CCOC[C@@H]1C. The number of thioether (sulfide) groups is 1. The minimum atomic E-state index is -1.29. The Balaban J connectivity index is 1.33. The van der Waals surface area contributed by atoms with Crippen LogP contribution in [0.1, 0.15) is 37.8 Å². The molecule has 2 amide bonds. The first-order chi connectivity index (χ1) is 20.6. The van der Waals surface area contributed by atoms with Crippen molar-refractivity contribution >= 4 is 35.5 Å². The number of nitrogens with two attached hydrogens (primary N) is 1. The molecule has 2 aliphatic rings. The fourth-order valence-electron chi connectivity index (χ4n) is 5.34. The van der Waals surface area contributed by atoms with Crippen LogP contribution < -0.4 is 16.1 Å². The molecule has 0 aliphatic carbocycles. The molecular weight excluding hydrogens is 583 g/mol. The van der Waals surface area contributed by atoms with E-state index in [9.17, 15) is 27.6 Å². The number of amides is 2. The number of halogens is 3. The summed E-state index contributed by atoms with van der Waals surface area (Å²) in [5.41, 5.74) is 7.73. The Kier molecular flexibility index (Phi) is 11.5. The van der Waals surface area contributed by atoms with Crippen LogP contribution in [0.2, 0.25) is 0 Å². The average Bonchev–Trinajstić information content (AvgIpc) is 3.47. The maximum atomic E-state index is 14.0. The number of hydrogen-bond acceptors (Lipinski definition) is 8. The number of nitrogens with one attached hydrogen (secondary N) is 1. The topological polar surface area (TPSA) is 108 Å². The zero-order valence-corrected chi connectivity index (χ0v) is 25.1. The molecule has 2 aliphatic heterocycles. The highest BCUT2D eigenvalue weighted by molar-refractivity contribution is 8.00. The zero-order valence-electron chi connectivity index (χ0n) is 24.3. The van der Waals surface area contributed by atoms with E-state index in [2.05, 4.69) is 22.3 Å². The fourth-order valence-corrected chi connectivity index (χ4v) is 6.50. The number of ether oxygens (including phenoxy) is 1. The van der Waals surface area contributed by atoms with Crippen LogP contribution in [-0.2, 0) is 32.1 Å². The van der Waals surface area contributed by atoms with Gasteiger partial charge in [-0.05, 0) is 49.6 Å². The Labute approximate surface area is 253 Å². The Bertz CT molecular complexity index is 1290. The second kappa shape index (κ2) is 15.0. The van der Waals surface area contributed by atoms with Gasteiger partial charge in [0.2, 0.25) is 5.91 Å². The maximum Gasteiger partial charge on any atom is 0.253 e. The Hall–Kier alpha value is -3.13. The van der Waals surface area contributed by atoms with Gasteiger partial charge in [-0.3, -0.25) is 9.59 Å². The number of morpholine rings is 1. The van der Waals surface area contributed by atoms with E-state index in [1.807, 2.05) is 31.2 Å². The lowest BCUT2D eigenvalue weighted by atomic mass is 10.0. The lowest BCUT2D eigenvalue weighted by molar-refractivity contribution is -0.136. The summed E-state index contributed by atoms with van der Waals surface area (Å²) in [7, 11) is 0. The third kappa shape index (κ3) is 8.28. The van der Waals surface area contributed by atoms with Crippen molar-refractivity contribution in [3.05, 3.63) is 65.0 Å². The van der Waals surface area contributed by atoms with Crippen molar-refractivity contribution in [1.82, 2.24) is 15.2 Å². The minimum absolute atomic E-state index is 0.0458. The number of nitrogens with zero attached hydrogens (tertiary/aromatic N) is 3. The zero-order chi connectivity index (χ0) is 31.1. The first-order valence-electron chi connectivity index (χ1n) is 14.3. The van der Waals surface area contributed by atoms with Crippen molar-refractivity contribution in [3.63, 3.8) is 0 Å². The molecule has 0 spiro atoms. The molecule has 2 heterocycles. The summed E-state index contributed by atoms with van der Waals surface area (Å²) in [6, 6.07) is 8.23. The van der Waals surface area contributed by atoms with E-state index in [1.54, 1.807) is 0 Å². The van der Waals surface area contributed by atoms with Gasteiger partial charge in [0.1, 0.15) is 12.1 Å². The van der Waals surface area contributed by atoms with E-state index < -0.39 is 28.9 Å². The van der Waals surface area contributed by atoms with Crippen LogP contribution in [0.15, 0.2) is 36.4 Å². The lowest BCUT2D eigenvalue weighted by Gasteiger charge is -2.45. The van der Waals surface area contributed by atoms with E-state index >= 15 is 0 Å². The van der Waals surface area contributed by atoms with Crippen LogP contribution in [0.25, 0.3) is 0 Å². The molecule has 1 unspecified atom stereocenters. The smallest absolute Gasteiger partial charge is 0.253 e. The Morgan fingerprint density at radius 2 is 1.88 bits per heavy atom. The molecule has 2 aromatic carbocycles. The number of carbonyl (C=O) groups is 3. The number of carbonyl (C=O) groups excluding carboxylic acids is 3. The van der Waals surface area contributed by atoms with Crippen LogP contribution in [0.4, 0.5) is 18.9 Å². The normalized spacial score (nSPS) is 20.5. The molecule has 2 saturated heterocycles. The number of anilines is 1. The number of benzene rings is 2. The lowest BCUT2D eigenvalue weighted by Crippen LogP contribution is -2.57. The van der Waals surface area contributed by atoms with Crippen molar-refractivity contribution in [1.29, 1.82) is 0 Å². The van der Waals surface area contributed by atoms with Gasteiger partial charge in [-0.1, -0.05) is 12.1 Å². The molecular formula is C30H38F3N5O4S. The van der Waals surface area contributed by atoms with Crippen molar-refractivity contribution in [2.45, 2.75) is 63.2 Å². The second-order valence-electron chi connectivity index (χ2n) is 10.9. The van der Waals surface area contributed by atoms with E-state index in [4.69, 9.17) is 10.5 Å². The summed E-state index contributed by atoms with van der Waals surface area (Å²) >= 11 is 1.34. The Morgan fingerprint density at radius 1 is 1.16 bits per heavy atom. The molecule has 0 bridgehead atoms. The summed E-state index contributed by atoms with van der Waals surface area (Å²) in [6.45, 7) is 6.62. The average molecular weight is 622 g/mol. The quantitative estimate of drug-likeness (QED) is 0.275. The van der Waals surface area contributed by atoms with Gasteiger partial charge in [0.25, 0.3) is 5.91 Å². The summed E-state index contributed by atoms with van der Waals surface area (Å²) in [5.74, 6) is -3.52. The standard InChI is InChI=1S/C30H38F3N5O4S/c1-19(7-10-39)38(37-8-11-42-18-20(37)2)24-5-3-21(4-6-24)17-35-29(41)30-36(9-12-43-30)28(40)15-23(34)13-22-14-26(32)27(33)16-25(22)31/h3-6,10,14,16,19-20,23,30H,7-9,11-13,15,17-18,34H2,1-2H3,(H,35,41)/t19?,20-,23+,30-/m0/s1. The summed E-state index contributed by atoms with van der Waals surface area (Å²) in [4.78, 5) is 38.8. The largest absolute Gasteiger partial charge is 0.378 e. The van der Waals surface area contributed by atoms with Crippen LogP contribution >= 0.6 is 11.8 Å². The maximum absolute atomic E-state index is 14.0. The van der Waals surface area contributed by atoms with E-state index in [0.717, 1.165) is 23.6 Å². The Morgan fingerprint density at radius 3 is 2.58 bits per heavy atom. The molecule has 4 atom stereocenters. The third-order valence-electron chi connectivity index (χ3n) is 7.58. The highest BCUT2D eigenvalue weighted by Gasteiger charge is 2.35. The molecule has 2 aromatic rings. The van der Waals surface area contributed by atoms with E-state index in [0.29, 0.717) is 44.5 Å². The highest BCUT2D eigenvalue weighted by Crippen LogP contribution is 2.27. The minimum Gasteiger partial charge on any atom is -0.378 e. The molecule has 43 heavy (non-hydrogen) atoms. The van der Waals surface area contributed by atoms with E-state index in [-0.39, 0.29) is 48.8 Å². The van der Waals surface area contributed by atoms with Gasteiger partial charge >= 0.3 is 0 Å². The van der Waals surface area contributed by atoms with Crippen LogP contribution in [0, 0.1) is 17.5 Å². The first-order valence-corrected chi connectivity index (χ1v) is 15.4. The van der Waals surface area contributed by atoms with Gasteiger partial charge in [-0.25, -0.2) is 18.2 Å². The number of aldehydes is 1. The molecule has 0 saturated carbocycles. The molecule has 2 fully saturated rings. The van der Waals surface area contributed by atoms with Gasteiger partial charge in [-0.15, -0.1) is 11.8 Å². The molecule has 3 N–H and O–H groups in total. The molecule has 9 nitrogen and oxygen atoms in total. The highest BCUT2D eigenvalue weighted by atomic mass is 32.2. The van der Waals surface area contributed by atoms with Crippen LogP contribution in [0.3, 0.4) is 0 Å². The first kappa shape index (κ1) is 32.8. The summed E-state index contributed by atoms with van der Waals surface area (Å²) in [5, 5.41) is 6.52. The number of hydrazine groups is 1. The molecule has 4 rings (SSSR count). The molecule has 0 aromatic heterocycles. The van der Waals surface area contributed by atoms with Gasteiger partial charge in [0.15, 0.2) is 17.0 Å². The number of rotatable bonds is 12. The fraction of sp³-hybridized carbons (Fsp3) is 0.500. The third-order valence-corrected chi connectivity index (χ3v) is 8.78. The second-order valence-corrected chi connectivity index (χ2v) is 12.1. The van der Waals surface area contributed by atoms with Gasteiger partial charge in [0.05, 0.1) is 18.9 Å². The van der Waals surface area contributed by atoms with Crippen molar-refractivity contribution in [2.75, 3.05) is 37.1 Å². The van der Waals surface area contributed by atoms with Crippen molar-refractivity contribution in [2.24, 2.45) is 5.73 Å². The van der Waals surface area contributed by atoms with Crippen LogP contribution in [0.5, 0.6) is 0 Å².